The lowest BCUT2D eigenvalue weighted by Crippen LogP contribution is -2.37. The van der Waals surface area contributed by atoms with Crippen molar-refractivity contribution in [3.8, 4) is 0 Å². The molecule has 1 aromatic rings. The molecule has 0 unspecified atom stereocenters. The second-order valence-corrected chi connectivity index (χ2v) is 7.48. The number of nitrogens with zero attached hydrogens (tertiary/aromatic N) is 2. The van der Waals surface area contributed by atoms with Gasteiger partial charge in [-0.2, -0.15) is 0 Å². The number of hydrogen-bond donors (Lipinski definition) is 0. The summed E-state index contributed by atoms with van der Waals surface area (Å²) in [6.07, 6.45) is 7.44. The third-order valence-electron chi connectivity index (χ3n) is 4.84. The fourth-order valence-corrected chi connectivity index (χ4v) is 4.31. The third kappa shape index (κ3) is 4.30. The highest BCUT2D eigenvalue weighted by Crippen LogP contribution is 2.25. The maximum absolute atomic E-state index is 12.3. The fraction of sp³-hybridized carbons (Fsp3) is 0.706. The Morgan fingerprint density at radius 3 is 2.76 bits per heavy atom. The SMILES string of the molecule is O=C1CCN(Cc2cccs2)CCN1CC1CCCCC1. The summed E-state index contributed by atoms with van der Waals surface area (Å²) in [5.74, 6) is 1.13. The molecule has 1 aliphatic carbocycles. The lowest BCUT2D eigenvalue weighted by molar-refractivity contribution is -0.131. The standard InChI is InChI=1S/C17H26N2OS/c20-17-8-9-18(14-16-7-4-12-21-16)10-11-19(17)13-15-5-2-1-3-6-15/h4,7,12,15H,1-3,5-6,8-11,13-14H2. The fourth-order valence-electron chi connectivity index (χ4n) is 3.57. The van der Waals surface area contributed by atoms with Crippen molar-refractivity contribution >= 4 is 17.2 Å². The van der Waals surface area contributed by atoms with Crippen molar-refractivity contribution in [3.63, 3.8) is 0 Å². The first-order chi connectivity index (χ1) is 10.3. The summed E-state index contributed by atoms with van der Waals surface area (Å²) in [6, 6.07) is 4.30. The van der Waals surface area contributed by atoms with Gasteiger partial charge in [-0.25, -0.2) is 0 Å². The van der Waals surface area contributed by atoms with E-state index in [0.29, 0.717) is 12.3 Å². The Kier molecular flexibility index (Phi) is 5.31. The number of carbonyl (C=O) groups is 1. The van der Waals surface area contributed by atoms with Crippen molar-refractivity contribution in [2.45, 2.75) is 45.1 Å². The van der Waals surface area contributed by atoms with Crippen LogP contribution in [0.5, 0.6) is 0 Å². The van der Waals surface area contributed by atoms with Gasteiger partial charge in [0.25, 0.3) is 0 Å². The van der Waals surface area contributed by atoms with Crippen molar-refractivity contribution in [3.05, 3.63) is 22.4 Å². The van der Waals surface area contributed by atoms with E-state index >= 15 is 0 Å². The number of hydrogen-bond acceptors (Lipinski definition) is 3. The van der Waals surface area contributed by atoms with Gasteiger partial charge in [0.05, 0.1) is 0 Å². The molecule has 0 radical (unpaired) electrons. The minimum Gasteiger partial charge on any atom is -0.341 e. The lowest BCUT2D eigenvalue weighted by atomic mass is 9.89. The first-order valence-electron chi connectivity index (χ1n) is 8.34. The summed E-state index contributed by atoms with van der Waals surface area (Å²) in [5.41, 5.74) is 0. The van der Waals surface area contributed by atoms with E-state index in [-0.39, 0.29) is 0 Å². The van der Waals surface area contributed by atoms with Crippen LogP contribution in [0.25, 0.3) is 0 Å². The van der Waals surface area contributed by atoms with Crippen LogP contribution in [0, 0.1) is 5.92 Å². The third-order valence-corrected chi connectivity index (χ3v) is 5.70. The van der Waals surface area contributed by atoms with E-state index in [4.69, 9.17) is 0 Å². The molecule has 1 aliphatic heterocycles. The molecule has 0 N–H and O–H groups in total. The van der Waals surface area contributed by atoms with Crippen LogP contribution in [0.1, 0.15) is 43.4 Å². The highest BCUT2D eigenvalue weighted by Gasteiger charge is 2.24. The molecule has 3 nitrogen and oxygen atoms in total. The van der Waals surface area contributed by atoms with Gasteiger partial charge in [0.2, 0.25) is 5.91 Å². The van der Waals surface area contributed by atoms with Crippen LogP contribution in [0.3, 0.4) is 0 Å². The molecule has 0 atom stereocenters. The van der Waals surface area contributed by atoms with Gasteiger partial charge in [0.1, 0.15) is 0 Å². The Hall–Kier alpha value is -0.870. The Bertz CT molecular complexity index is 440. The Morgan fingerprint density at radius 2 is 2.00 bits per heavy atom. The van der Waals surface area contributed by atoms with E-state index < -0.39 is 0 Å². The summed E-state index contributed by atoms with van der Waals surface area (Å²) < 4.78 is 0. The van der Waals surface area contributed by atoms with Gasteiger partial charge in [-0.15, -0.1) is 11.3 Å². The molecular formula is C17H26N2OS. The molecule has 0 spiro atoms. The van der Waals surface area contributed by atoms with E-state index in [1.54, 1.807) is 0 Å². The molecule has 2 aliphatic rings. The van der Waals surface area contributed by atoms with Crippen molar-refractivity contribution in [2.24, 2.45) is 5.92 Å². The average molecular weight is 306 g/mol. The van der Waals surface area contributed by atoms with E-state index in [1.807, 2.05) is 11.3 Å². The van der Waals surface area contributed by atoms with Crippen LogP contribution in [0.4, 0.5) is 0 Å². The normalized spacial score (nSPS) is 22.5. The number of rotatable bonds is 4. The van der Waals surface area contributed by atoms with Gasteiger partial charge in [-0.05, 0) is 30.2 Å². The second kappa shape index (κ2) is 7.41. The minimum absolute atomic E-state index is 0.370. The van der Waals surface area contributed by atoms with Crippen LogP contribution < -0.4 is 0 Å². The molecule has 1 saturated carbocycles. The summed E-state index contributed by atoms with van der Waals surface area (Å²) in [6.45, 7) is 4.86. The van der Waals surface area contributed by atoms with Gasteiger partial charge in [0.15, 0.2) is 0 Å². The predicted molar refractivity (Wildman–Crippen MR) is 87.4 cm³/mol. The van der Waals surface area contributed by atoms with Crippen LogP contribution in [0.15, 0.2) is 17.5 Å². The molecule has 2 heterocycles. The Morgan fingerprint density at radius 1 is 1.14 bits per heavy atom. The summed E-state index contributed by atoms with van der Waals surface area (Å²) in [7, 11) is 0. The number of amides is 1. The Balaban J connectivity index is 1.51. The molecule has 0 bridgehead atoms. The summed E-state index contributed by atoms with van der Waals surface area (Å²) >= 11 is 1.81. The van der Waals surface area contributed by atoms with E-state index in [2.05, 4.69) is 27.3 Å². The molecule has 116 valence electrons. The molecule has 0 aromatic carbocycles. The summed E-state index contributed by atoms with van der Waals surface area (Å²) in [5, 5.41) is 2.13. The molecule has 1 saturated heterocycles. The zero-order valence-electron chi connectivity index (χ0n) is 12.8. The number of carbonyl (C=O) groups excluding carboxylic acids is 1. The molecule has 2 fully saturated rings. The quantitative estimate of drug-likeness (QED) is 0.851. The zero-order chi connectivity index (χ0) is 14.5. The van der Waals surface area contributed by atoms with Crippen LogP contribution in [0.2, 0.25) is 0 Å². The topological polar surface area (TPSA) is 23.6 Å². The van der Waals surface area contributed by atoms with Crippen LogP contribution in [-0.2, 0) is 11.3 Å². The Labute approximate surface area is 131 Å². The summed E-state index contributed by atoms with van der Waals surface area (Å²) in [4.78, 5) is 18.3. The highest BCUT2D eigenvalue weighted by molar-refractivity contribution is 7.09. The van der Waals surface area contributed by atoms with E-state index in [1.165, 1.54) is 37.0 Å². The van der Waals surface area contributed by atoms with Gasteiger partial charge in [-0.1, -0.05) is 25.3 Å². The van der Waals surface area contributed by atoms with E-state index in [9.17, 15) is 4.79 Å². The van der Waals surface area contributed by atoms with Crippen molar-refractivity contribution in [1.82, 2.24) is 9.80 Å². The first kappa shape index (κ1) is 15.0. The molecule has 21 heavy (non-hydrogen) atoms. The highest BCUT2D eigenvalue weighted by atomic mass is 32.1. The molecular weight excluding hydrogens is 280 g/mol. The smallest absolute Gasteiger partial charge is 0.223 e. The lowest BCUT2D eigenvalue weighted by Gasteiger charge is -2.29. The largest absolute Gasteiger partial charge is 0.341 e. The maximum Gasteiger partial charge on any atom is 0.223 e. The van der Waals surface area contributed by atoms with Gasteiger partial charge in [0, 0.05) is 44.0 Å². The monoisotopic (exact) mass is 306 g/mol. The first-order valence-corrected chi connectivity index (χ1v) is 9.22. The van der Waals surface area contributed by atoms with Gasteiger partial charge < -0.3 is 4.90 Å². The molecule has 1 amide bonds. The molecule has 1 aromatic heterocycles. The average Bonchev–Trinajstić information content (AvgIpc) is 2.96. The van der Waals surface area contributed by atoms with Crippen molar-refractivity contribution in [1.29, 1.82) is 0 Å². The van der Waals surface area contributed by atoms with Crippen LogP contribution in [-0.4, -0.2) is 41.9 Å². The predicted octanol–water partition coefficient (Wildman–Crippen LogP) is 3.36. The van der Waals surface area contributed by atoms with Crippen molar-refractivity contribution in [2.75, 3.05) is 26.2 Å². The number of thiophene rings is 1. The van der Waals surface area contributed by atoms with Gasteiger partial charge >= 0.3 is 0 Å². The van der Waals surface area contributed by atoms with Gasteiger partial charge in [-0.3, -0.25) is 9.69 Å². The van der Waals surface area contributed by atoms with Crippen LogP contribution >= 0.6 is 11.3 Å². The van der Waals surface area contributed by atoms with E-state index in [0.717, 1.165) is 38.6 Å². The maximum atomic E-state index is 12.3. The molecule has 4 heteroatoms. The minimum atomic E-state index is 0.370. The molecule has 3 rings (SSSR count). The zero-order valence-corrected chi connectivity index (χ0v) is 13.6. The second-order valence-electron chi connectivity index (χ2n) is 6.45. The van der Waals surface area contributed by atoms with Crippen molar-refractivity contribution < 1.29 is 4.79 Å².